The lowest BCUT2D eigenvalue weighted by molar-refractivity contribution is -0.138. The van der Waals surface area contributed by atoms with Crippen molar-refractivity contribution in [1.82, 2.24) is 16.0 Å². The fourth-order valence-electron chi connectivity index (χ4n) is 5.35. The number of rotatable bonds is 10. The third kappa shape index (κ3) is 7.65. The minimum absolute atomic E-state index is 0.0252. The van der Waals surface area contributed by atoms with Gasteiger partial charge < -0.3 is 40.4 Å². The first-order chi connectivity index (χ1) is 22.2. The van der Waals surface area contributed by atoms with Crippen LogP contribution in [0.5, 0.6) is 0 Å². The lowest BCUT2D eigenvalue weighted by atomic mass is 9.78. The second kappa shape index (κ2) is 13.6. The number of carbonyl (C=O) groups is 4. The fourth-order valence-corrected chi connectivity index (χ4v) is 5.35. The summed E-state index contributed by atoms with van der Waals surface area (Å²) in [6.07, 6.45) is -5.53. The molecule has 0 radical (unpaired) electrons. The highest BCUT2D eigenvalue weighted by molar-refractivity contribution is 6.62. The van der Waals surface area contributed by atoms with Crippen LogP contribution in [0, 0.1) is 0 Å². The molecule has 0 unspecified atom stereocenters. The largest absolute Gasteiger partial charge is 0.491 e. The Labute approximate surface area is 266 Å². The molecule has 3 aromatic rings. The molecule has 5 rings (SSSR count). The number of carbonyl (C=O) groups excluding carboxylic acids is 3. The molecule has 3 aromatic carbocycles. The summed E-state index contributed by atoms with van der Waals surface area (Å²) in [6, 6.07) is 8.47. The quantitative estimate of drug-likeness (QED) is 0.169. The van der Waals surface area contributed by atoms with E-state index in [1.165, 1.54) is 37.3 Å². The summed E-state index contributed by atoms with van der Waals surface area (Å²) >= 11 is 0. The standard InChI is InChI=1S/C30H28B2F3N3O9/c1-15(36-27(41)17-5-7-19-13-46-31(44)22(19)10-17)26(38-28(42)18-6-8-20-14-47-32(45)23(20)11-18)29(43)37-24(12-25(39)40)16-3-2-4-21(9-16)30(33,34)35/h2-11,15,24,26,44-45H,12-14H2,1H3,(H,36,41)(H,37,43)(H,38,42)(H,39,40)/t15-,24-,26-/m0/s1. The van der Waals surface area contributed by atoms with Gasteiger partial charge in [0.25, 0.3) is 11.8 Å². The number of halogens is 3. The van der Waals surface area contributed by atoms with Crippen LogP contribution in [0.4, 0.5) is 13.2 Å². The monoisotopic (exact) mass is 653 g/mol. The number of amides is 3. The number of aliphatic carboxylic acids is 1. The number of hydrogen-bond donors (Lipinski definition) is 6. The second-order valence-electron chi connectivity index (χ2n) is 11.1. The van der Waals surface area contributed by atoms with E-state index in [-0.39, 0.29) is 29.9 Å². The van der Waals surface area contributed by atoms with Gasteiger partial charge in [0.15, 0.2) is 0 Å². The zero-order valence-corrected chi connectivity index (χ0v) is 24.7. The van der Waals surface area contributed by atoms with Crippen LogP contribution < -0.4 is 26.9 Å². The van der Waals surface area contributed by atoms with Gasteiger partial charge in [-0.25, -0.2) is 0 Å². The van der Waals surface area contributed by atoms with Crippen LogP contribution in [0.25, 0.3) is 0 Å². The summed E-state index contributed by atoms with van der Waals surface area (Å²) in [4.78, 5) is 52.0. The van der Waals surface area contributed by atoms with E-state index in [1.54, 1.807) is 12.1 Å². The molecule has 244 valence electrons. The third-order valence-corrected chi connectivity index (χ3v) is 7.88. The summed E-state index contributed by atoms with van der Waals surface area (Å²) in [5.74, 6) is -3.92. The molecular formula is C30H28B2F3N3O9. The van der Waals surface area contributed by atoms with Crippen LogP contribution in [0.1, 0.15) is 62.4 Å². The van der Waals surface area contributed by atoms with Crippen molar-refractivity contribution in [2.75, 3.05) is 0 Å². The first kappa shape index (κ1) is 33.7. The van der Waals surface area contributed by atoms with E-state index in [4.69, 9.17) is 9.31 Å². The fraction of sp³-hybridized carbons (Fsp3) is 0.267. The van der Waals surface area contributed by atoms with E-state index in [1.807, 2.05) is 0 Å². The molecule has 47 heavy (non-hydrogen) atoms. The highest BCUT2D eigenvalue weighted by atomic mass is 19.4. The molecule has 2 aliphatic rings. The molecule has 0 fully saturated rings. The number of nitrogens with one attached hydrogen (secondary N) is 3. The lowest BCUT2D eigenvalue weighted by Crippen LogP contribution is -2.58. The van der Waals surface area contributed by atoms with Crippen LogP contribution in [-0.4, -0.2) is 65.2 Å². The van der Waals surface area contributed by atoms with Crippen molar-refractivity contribution in [2.24, 2.45) is 0 Å². The molecule has 0 saturated carbocycles. The predicted octanol–water partition coefficient (Wildman–Crippen LogP) is 0.390. The number of carboxylic acids is 1. The van der Waals surface area contributed by atoms with Gasteiger partial charge in [-0.3, -0.25) is 19.2 Å². The Hall–Kier alpha value is -4.70. The molecule has 17 heteroatoms. The number of hydrogen-bond acceptors (Lipinski definition) is 8. The van der Waals surface area contributed by atoms with Crippen LogP contribution in [-0.2, 0) is 38.3 Å². The van der Waals surface area contributed by atoms with Crippen molar-refractivity contribution in [1.29, 1.82) is 0 Å². The summed E-state index contributed by atoms with van der Waals surface area (Å²) in [5, 5.41) is 37.1. The van der Waals surface area contributed by atoms with Crippen molar-refractivity contribution >= 4 is 48.9 Å². The van der Waals surface area contributed by atoms with Crippen LogP contribution >= 0.6 is 0 Å². The van der Waals surface area contributed by atoms with Crippen LogP contribution in [0.15, 0.2) is 60.7 Å². The molecule has 3 amide bonds. The molecule has 6 N–H and O–H groups in total. The summed E-state index contributed by atoms with van der Waals surface area (Å²) in [7, 11) is -2.50. The Morgan fingerprint density at radius 3 is 1.91 bits per heavy atom. The van der Waals surface area contributed by atoms with Gasteiger partial charge in [0.2, 0.25) is 5.91 Å². The summed E-state index contributed by atoms with van der Waals surface area (Å²) < 4.78 is 50.6. The van der Waals surface area contributed by atoms with Crippen molar-refractivity contribution in [2.45, 2.75) is 50.9 Å². The van der Waals surface area contributed by atoms with E-state index in [0.717, 1.165) is 18.2 Å². The number of fused-ring (bicyclic) bond motifs is 2. The SMILES string of the molecule is C[C@H](NC(=O)c1ccc2c(c1)B(O)OC2)[C@H](NC(=O)c1ccc2c(c1)B(O)OC2)C(=O)N[C@@H](CC(=O)O)c1cccc(C(F)(F)F)c1. The minimum Gasteiger partial charge on any atom is -0.481 e. The number of carboxylic acid groups (broad SMARTS) is 1. The van der Waals surface area contributed by atoms with Crippen molar-refractivity contribution in [3.63, 3.8) is 0 Å². The van der Waals surface area contributed by atoms with E-state index in [0.29, 0.717) is 22.1 Å². The molecule has 2 heterocycles. The van der Waals surface area contributed by atoms with Gasteiger partial charge in [-0.1, -0.05) is 24.3 Å². The Morgan fingerprint density at radius 2 is 1.38 bits per heavy atom. The van der Waals surface area contributed by atoms with Crippen molar-refractivity contribution in [3.8, 4) is 0 Å². The Balaban J connectivity index is 1.42. The molecule has 0 spiro atoms. The predicted molar refractivity (Wildman–Crippen MR) is 160 cm³/mol. The molecule has 12 nitrogen and oxygen atoms in total. The Morgan fingerprint density at radius 1 is 0.830 bits per heavy atom. The van der Waals surface area contributed by atoms with Gasteiger partial charge in [0, 0.05) is 11.1 Å². The average Bonchev–Trinajstić information content (AvgIpc) is 3.59. The Bertz CT molecular complexity index is 1730. The van der Waals surface area contributed by atoms with Gasteiger partial charge >= 0.3 is 26.4 Å². The summed E-state index contributed by atoms with van der Waals surface area (Å²) in [6.45, 7) is 1.67. The lowest BCUT2D eigenvalue weighted by Gasteiger charge is -2.28. The highest BCUT2D eigenvalue weighted by Gasteiger charge is 2.35. The minimum atomic E-state index is -4.74. The first-order valence-corrected chi connectivity index (χ1v) is 14.4. The third-order valence-electron chi connectivity index (χ3n) is 7.88. The first-order valence-electron chi connectivity index (χ1n) is 14.4. The van der Waals surface area contributed by atoms with Gasteiger partial charge in [0.1, 0.15) is 6.04 Å². The van der Waals surface area contributed by atoms with Crippen molar-refractivity contribution < 1.29 is 56.8 Å². The molecule has 2 aliphatic heterocycles. The van der Waals surface area contributed by atoms with Crippen LogP contribution in [0.3, 0.4) is 0 Å². The molecule has 0 saturated heterocycles. The van der Waals surface area contributed by atoms with Gasteiger partial charge in [-0.2, -0.15) is 13.2 Å². The topological polar surface area (TPSA) is 184 Å². The van der Waals surface area contributed by atoms with Crippen molar-refractivity contribution in [3.05, 3.63) is 94.0 Å². The number of benzene rings is 3. The molecule has 0 aromatic heterocycles. The van der Waals surface area contributed by atoms with Gasteiger partial charge in [-0.15, -0.1) is 0 Å². The summed E-state index contributed by atoms with van der Waals surface area (Å²) in [5.41, 5.74) is 0.967. The zero-order valence-electron chi connectivity index (χ0n) is 24.7. The maximum Gasteiger partial charge on any atom is 0.491 e. The van der Waals surface area contributed by atoms with Gasteiger partial charge in [0.05, 0.1) is 37.3 Å². The van der Waals surface area contributed by atoms with Gasteiger partial charge in [-0.05, 0) is 70.9 Å². The molecular weight excluding hydrogens is 625 g/mol. The van der Waals surface area contributed by atoms with Crippen LogP contribution in [0.2, 0.25) is 0 Å². The molecule has 0 bridgehead atoms. The molecule has 0 aliphatic carbocycles. The number of alkyl halides is 3. The normalized spacial score (nSPS) is 15.7. The maximum atomic E-state index is 13.8. The second-order valence-corrected chi connectivity index (χ2v) is 11.1. The zero-order chi connectivity index (χ0) is 34.0. The molecule has 3 atom stereocenters. The van der Waals surface area contributed by atoms with E-state index < -0.39 is 74.2 Å². The van der Waals surface area contributed by atoms with E-state index in [9.17, 15) is 47.5 Å². The average molecular weight is 653 g/mol. The smallest absolute Gasteiger partial charge is 0.481 e. The Kier molecular flexibility index (Phi) is 9.72. The maximum absolute atomic E-state index is 13.8. The van der Waals surface area contributed by atoms with E-state index >= 15 is 0 Å². The van der Waals surface area contributed by atoms with E-state index in [2.05, 4.69) is 16.0 Å². The highest BCUT2D eigenvalue weighted by Crippen LogP contribution is 2.31.